The Morgan fingerprint density at radius 1 is 1.32 bits per heavy atom. The molecule has 0 saturated heterocycles. The Balaban J connectivity index is 2.35. The molecule has 1 rings (SSSR count). The van der Waals surface area contributed by atoms with E-state index in [-0.39, 0.29) is 18.4 Å². The number of hydrogen-bond acceptors (Lipinski definition) is 4. The van der Waals surface area contributed by atoms with Gasteiger partial charge in [-0.15, -0.1) is 0 Å². The number of aryl methyl sites for hydroxylation is 2. The van der Waals surface area contributed by atoms with Gasteiger partial charge in [0.05, 0.1) is 0 Å². The molecule has 1 aromatic rings. The molecule has 124 valence electrons. The largest absolute Gasteiger partial charge is 0.466 e. The van der Waals surface area contributed by atoms with Gasteiger partial charge >= 0.3 is 6.09 Å². The third-order valence-electron chi connectivity index (χ3n) is 2.87. The molecule has 6 nitrogen and oxygen atoms in total. The van der Waals surface area contributed by atoms with E-state index in [0.29, 0.717) is 6.54 Å². The molecule has 0 aromatic carbocycles. The summed E-state index contributed by atoms with van der Waals surface area (Å²) in [5.74, 6) is 1.49. The van der Waals surface area contributed by atoms with Crippen molar-refractivity contribution < 1.29 is 18.7 Å². The lowest BCUT2D eigenvalue weighted by atomic mass is 10.2. The van der Waals surface area contributed by atoms with Crippen LogP contribution in [0.2, 0.25) is 0 Å². The first-order chi connectivity index (χ1) is 10.1. The summed E-state index contributed by atoms with van der Waals surface area (Å²) >= 11 is 0. The standard InChI is InChI=1S/C16H26N2O4/c1-10(18-15(20)22-16(4,5)6)7-14(19)17-9-13-8-11(2)21-12(13)3/h8,10H,7,9H2,1-6H3,(H,17,19)(H,18,20)/t10-/m1/s1. The highest BCUT2D eigenvalue weighted by atomic mass is 16.6. The van der Waals surface area contributed by atoms with Crippen molar-refractivity contribution in [1.82, 2.24) is 10.6 Å². The molecular weight excluding hydrogens is 284 g/mol. The summed E-state index contributed by atoms with van der Waals surface area (Å²) in [7, 11) is 0. The summed E-state index contributed by atoms with van der Waals surface area (Å²) in [5, 5.41) is 5.45. The minimum atomic E-state index is -0.553. The summed E-state index contributed by atoms with van der Waals surface area (Å²) in [4.78, 5) is 23.5. The monoisotopic (exact) mass is 310 g/mol. The van der Waals surface area contributed by atoms with Crippen molar-refractivity contribution in [3.63, 3.8) is 0 Å². The highest BCUT2D eigenvalue weighted by Crippen LogP contribution is 2.13. The van der Waals surface area contributed by atoms with E-state index in [2.05, 4.69) is 10.6 Å². The second-order valence-corrected chi connectivity index (χ2v) is 6.47. The highest BCUT2D eigenvalue weighted by molar-refractivity contribution is 5.77. The van der Waals surface area contributed by atoms with Crippen LogP contribution >= 0.6 is 0 Å². The van der Waals surface area contributed by atoms with Gasteiger partial charge in [-0.3, -0.25) is 4.79 Å². The van der Waals surface area contributed by atoms with E-state index in [0.717, 1.165) is 17.1 Å². The smallest absolute Gasteiger partial charge is 0.407 e. The highest BCUT2D eigenvalue weighted by Gasteiger charge is 2.19. The Labute approximate surface area is 131 Å². The molecule has 0 fully saturated rings. The average Bonchev–Trinajstić information content (AvgIpc) is 2.62. The van der Waals surface area contributed by atoms with E-state index in [9.17, 15) is 9.59 Å². The molecule has 0 bridgehead atoms. The molecule has 22 heavy (non-hydrogen) atoms. The molecule has 0 aliphatic carbocycles. The summed E-state index contributed by atoms with van der Waals surface area (Å²) in [6, 6.07) is 1.60. The molecule has 0 spiro atoms. The molecule has 2 N–H and O–H groups in total. The van der Waals surface area contributed by atoms with Crippen LogP contribution in [0.4, 0.5) is 4.79 Å². The van der Waals surface area contributed by atoms with Gasteiger partial charge in [0.15, 0.2) is 0 Å². The van der Waals surface area contributed by atoms with Gasteiger partial charge in [0.2, 0.25) is 5.91 Å². The minimum Gasteiger partial charge on any atom is -0.466 e. The maximum atomic E-state index is 11.9. The number of rotatable bonds is 5. The van der Waals surface area contributed by atoms with Gasteiger partial charge in [-0.2, -0.15) is 0 Å². The van der Waals surface area contributed by atoms with Gasteiger partial charge in [0, 0.05) is 24.6 Å². The maximum Gasteiger partial charge on any atom is 0.407 e. The Kier molecular flexibility index (Phi) is 6.02. The second kappa shape index (κ2) is 7.33. The van der Waals surface area contributed by atoms with Gasteiger partial charge < -0.3 is 19.8 Å². The van der Waals surface area contributed by atoms with Crippen LogP contribution in [-0.2, 0) is 16.1 Å². The number of carbonyl (C=O) groups excluding carboxylic acids is 2. The fourth-order valence-electron chi connectivity index (χ4n) is 1.96. The molecule has 1 heterocycles. The van der Waals surface area contributed by atoms with Gasteiger partial charge in [-0.1, -0.05) is 0 Å². The molecule has 0 aliphatic heterocycles. The van der Waals surface area contributed by atoms with E-state index in [1.165, 1.54) is 0 Å². The first kappa shape index (κ1) is 18.1. The Morgan fingerprint density at radius 2 is 1.95 bits per heavy atom. The molecule has 6 heteroatoms. The molecule has 0 radical (unpaired) electrons. The van der Waals surface area contributed by atoms with Crippen molar-refractivity contribution in [3.8, 4) is 0 Å². The van der Waals surface area contributed by atoms with Crippen LogP contribution < -0.4 is 10.6 Å². The van der Waals surface area contributed by atoms with Crippen LogP contribution in [-0.4, -0.2) is 23.6 Å². The molecule has 1 aromatic heterocycles. The Morgan fingerprint density at radius 3 is 2.45 bits per heavy atom. The third-order valence-corrected chi connectivity index (χ3v) is 2.87. The second-order valence-electron chi connectivity index (χ2n) is 6.47. The minimum absolute atomic E-state index is 0.137. The number of carbonyl (C=O) groups is 2. The SMILES string of the molecule is Cc1cc(CNC(=O)C[C@@H](C)NC(=O)OC(C)(C)C)c(C)o1. The van der Waals surface area contributed by atoms with Crippen LogP contribution in [0, 0.1) is 13.8 Å². The average molecular weight is 310 g/mol. The Hall–Kier alpha value is -1.98. The topological polar surface area (TPSA) is 80.6 Å². The molecular formula is C16H26N2O4. The van der Waals surface area contributed by atoms with Crippen LogP contribution in [0.3, 0.4) is 0 Å². The predicted molar refractivity (Wildman–Crippen MR) is 83.5 cm³/mol. The maximum absolute atomic E-state index is 11.9. The Bertz CT molecular complexity index is 529. The van der Waals surface area contributed by atoms with Crippen LogP contribution in [0.5, 0.6) is 0 Å². The number of nitrogens with one attached hydrogen (secondary N) is 2. The van der Waals surface area contributed by atoms with E-state index >= 15 is 0 Å². The van der Waals surface area contributed by atoms with E-state index < -0.39 is 11.7 Å². The number of hydrogen-bond donors (Lipinski definition) is 2. The number of alkyl carbamates (subject to hydrolysis) is 1. The summed E-state index contributed by atoms with van der Waals surface area (Å²) in [5.41, 5.74) is 0.404. The zero-order valence-corrected chi connectivity index (χ0v) is 14.2. The van der Waals surface area contributed by atoms with Crippen molar-refractivity contribution in [1.29, 1.82) is 0 Å². The number of furan rings is 1. The van der Waals surface area contributed by atoms with Crippen LogP contribution in [0.1, 0.15) is 51.2 Å². The summed E-state index contributed by atoms with van der Waals surface area (Å²) in [6.07, 6.45) is -0.330. The lowest BCUT2D eigenvalue weighted by Crippen LogP contribution is -2.40. The van der Waals surface area contributed by atoms with Crippen LogP contribution in [0.25, 0.3) is 0 Å². The molecule has 0 unspecified atom stereocenters. The molecule has 0 aliphatic rings. The van der Waals surface area contributed by atoms with E-state index in [4.69, 9.17) is 9.15 Å². The van der Waals surface area contributed by atoms with Crippen molar-refractivity contribution in [2.75, 3.05) is 0 Å². The summed E-state index contributed by atoms with van der Waals surface area (Å²) in [6.45, 7) is 11.3. The molecule has 0 saturated carbocycles. The van der Waals surface area contributed by atoms with Crippen LogP contribution in [0.15, 0.2) is 10.5 Å². The molecule has 2 amide bonds. The normalized spacial score (nSPS) is 12.6. The fraction of sp³-hybridized carbons (Fsp3) is 0.625. The van der Waals surface area contributed by atoms with E-state index in [1.807, 2.05) is 19.9 Å². The predicted octanol–water partition coefficient (Wildman–Crippen LogP) is 2.82. The fourth-order valence-corrected chi connectivity index (χ4v) is 1.96. The van der Waals surface area contributed by atoms with Crippen molar-refractivity contribution in [2.24, 2.45) is 0 Å². The van der Waals surface area contributed by atoms with Crippen molar-refractivity contribution in [3.05, 3.63) is 23.2 Å². The number of amides is 2. The van der Waals surface area contributed by atoms with E-state index in [1.54, 1.807) is 27.7 Å². The lowest BCUT2D eigenvalue weighted by molar-refractivity contribution is -0.121. The third kappa shape index (κ3) is 6.65. The van der Waals surface area contributed by atoms with Gasteiger partial charge in [-0.05, 0) is 47.6 Å². The zero-order valence-electron chi connectivity index (χ0n) is 14.2. The lowest BCUT2D eigenvalue weighted by Gasteiger charge is -2.21. The summed E-state index contributed by atoms with van der Waals surface area (Å²) < 4.78 is 10.5. The van der Waals surface area contributed by atoms with Gasteiger partial charge in [-0.25, -0.2) is 4.79 Å². The van der Waals surface area contributed by atoms with Gasteiger partial charge in [0.1, 0.15) is 17.1 Å². The molecule has 1 atom stereocenters. The quantitative estimate of drug-likeness (QED) is 0.876. The zero-order chi connectivity index (χ0) is 16.9. The van der Waals surface area contributed by atoms with Crippen molar-refractivity contribution >= 4 is 12.0 Å². The van der Waals surface area contributed by atoms with Crippen molar-refractivity contribution in [2.45, 2.75) is 66.2 Å². The first-order valence-corrected chi connectivity index (χ1v) is 7.39. The number of ether oxygens (including phenoxy) is 1. The first-order valence-electron chi connectivity index (χ1n) is 7.39. The van der Waals surface area contributed by atoms with Gasteiger partial charge in [0.25, 0.3) is 0 Å².